The van der Waals surface area contributed by atoms with E-state index < -0.39 is 29.6 Å². The third-order valence-electron chi connectivity index (χ3n) is 4.03. The molecule has 4 N–H and O–H groups in total. The second kappa shape index (κ2) is 12.3. The van der Waals surface area contributed by atoms with E-state index in [1.54, 1.807) is 32.9 Å². The Bertz CT molecular complexity index is 733. The summed E-state index contributed by atoms with van der Waals surface area (Å²) in [4.78, 5) is 33.8. The van der Waals surface area contributed by atoms with Crippen molar-refractivity contribution in [3.63, 3.8) is 0 Å². The summed E-state index contributed by atoms with van der Waals surface area (Å²) in [6.07, 6.45) is 1.76. The van der Waals surface area contributed by atoms with Gasteiger partial charge in [-0.2, -0.15) is 0 Å². The van der Waals surface area contributed by atoms with Gasteiger partial charge in [-0.05, 0) is 58.1 Å². The van der Waals surface area contributed by atoms with E-state index in [0.29, 0.717) is 36.5 Å². The Hall–Kier alpha value is -2.48. The van der Waals surface area contributed by atoms with Crippen LogP contribution < -0.4 is 15.8 Å². The van der Waals surface area contributed by atoms with Crippen molar-refractivity contribution in [1.82, 2.24) is 5.32 Å². The molecule has 0 saturated carbocycles. The molecule has 8 nitrogen and oxygen atoms in total. The normalized spacial score (nSPS) is 12.1. The van der Waals surface area contributed by atoms with Crippen molar-refractivity contribution < 1.29 is 29.0 Å². The molecule has 0 aliphatic heterocycles. The highest BCUT2D eigenvalue weighted by atomic mass is 35.5. The third-order valence-corrected chi connectivity index (χ3v) is 4.46. The second-order valence-corrected chi connectivity index (χ2v) is 8.37. The molecule has 1 rings (SSSR count). The molecule has 9 heteroatoms. The van der Waals surface area contributed by atoms with Gasteiger partial charge in [0.15, 0.2) is 0 Å². The first-order valence-electron chi connectivity index (χ1n) is 9.87. The molecular weight excluding hydrogens is 412 g/mol. The Labute approximate surface area is 182 Å². The maximum absolute atomic E-state index is 12.1. The van der Waals surface area contributed by atoms with E-state index in [2.05, 4.69) is 5.32 Å². The summed E-state index contributed by atoms with van der Waals surface area (Å²) in [6.45, 7) is 5.34. The quantitative estimate of drug-likeness (QED) is 0.423. The van der Waals surface area contributed by atoms with Crippen LogP contribution in [0, 0.1) is 0 Å². The molecule has 1 atom stereocenters. The Kier molecular flexibility index (Phi) is 10.5. The molecule has 0 spiro atoms. The van der Waals surface area contributed by atoms with Crippen molar-refractivity contribution >= 4 is 29.6 Å². The number of nitrogens with two attached hydrogens (primary N) is 1. The molecule has 0 bridgehead atoms. The minimum atomic E-state index is -0.822. The van der Waals surface area contributed by atoms with Crippen LogP contribution >= 0.6 is 11.6 Å². The predicted octanol–water partition coefficient (Wildman–Crippen LogP) is 3.68. The van der Waals surface area contributed by atoms with Gasteiger partial charge < -0.3 is 25.6 Å². The lowest BCUT2D eigenvalue weighted by atomic mass is 10.1. The van der Waals surface area contributed by atoms with Gasteiger partial charge in [-0.3, -0.25) is 9.59 Å². The van der Waals surface area contributed by atoms with Crippen LogP contribution in [-0.2, 0) is 20.7 Å². The molecule has 30 heavy (non-hydrogen) atoms. The van der Waals surface area contributed by atoms with Gasteiger partial charge in [0.1, 0.15) is 18.0 Å². The molecule has 1 aromatic rings. The average Bonchev–Trinajstić information content (AvgIpc) is 2.61. The van der Waals surface area contributed by atoms with Crippen LogP contribution in [0.3, 0.4) is 0 Å². The number of carbonyl (C=O) groups is 3. The fourth-order valence-corrected chi connectivity index (χ4v) is 2.91. The maximum Gasteiger partial charge on any atom is 0.407 e. The number of aliphatic carboxylic acids is 1. The van der Waals surface area contributed by atoms with Crippen LogP contribution in [0.5, 0.6) is 5.75 Å². The number of amides is 2. The number of alkyl carbamates (subject to hydrolysis) is 1. The lowest BCUT2D eigenvalue weighted by Crippen LogP contribution is -2.42. The van der Waals surface area contributed by atoms with E-state index in [9.17, 15) is 14.4 Å². The monoisotopic (exact) mass is 442 g/mol. The molecule has 1 aromatic carbocycles. The van der Waals surface area contributed by atoms with E-state index in [-0.39, 0.29) is 19.4 Å². The SMILES string of the molecule is CC(C)(C)OC(=O)N[C@H](CCC(N)=O)COc1cccc(CCCCC(=O)O)c1Cl. The van der Waals surface area contributed by atoms with Crippen molar-refractivity contribution in [2.75, 3.05) is 6.61 Å². The molecule has 0 radical (unpaired) electrons. The fourth-order valence-electron chi connectivity index (χ4n) is 2.63. The highest BCUT2D eigenvalue weighted by Crippen LogP contribution is 2.29. The molecule has 0 unspecified atom stereocenters. The summed E-state index contributed by atoms with van der Waals surface area (Å²) >= 11 is 6.43. The molecule has 0 fully saturated rings. The number of carboxylic acids is 1. The van der Waals surface area contributed by atoms with Crippen LogP contribution in [-0.4, -0.2) is 41.3 Å². The number of hydrogen-bond acceptors (Lipinski definition) is 5. The average molecular weight is 443 g/mol. The van der Waals surface area contributed by atoms with Crippen molar-refractivity contribution in [3.05, 3.63) is 28.8 Å². The summed E-state index contributed by atoms with van der Waals surface area (Å²) in [5, 5.41) is 11.9. The van der Waals surface area contributed by atoms with Crippen LogP contribution in [0.4, 0.5) is 4.79 Å². The van der Waals surface area contributed by atoms with E-state index >= 15 is 0 Å². The Morgan fingerprint density at radius 2 is 1.90 bits per heavy atom. The molecule has 0 aliphatic rings. The first-order chi connectivity index (χ1) is 14.0. The largest absolute Gasteiger partial charge is 0.490 e. The Balaban J connectivity index is 2.72. The zero-order valence-electron chi connectivity index (χ0n) is 17.7. The standard InChI is InChI=1S/C21H31ClN2O6/c1-21(2,3)30-20(28)24-15(11-12-17(23)25)13-29-16-9-6-8-14(19(16)22)7-4-5-10-18(26)27/h6,8-9,15H,4-5,7,10-13H2,1-3H3,(H2,23,25)(H,24,28)(H,26,27)/t15-/m1/s1. The minimum Gasteiger partial charge on any atom is -0.490 e. The number of benzene rings is 1. The van der Waals surface area contributed by atoms with Gasteiger partial charge >= 0.3 is 12.1 Å². The number of halogens is 1. The van der Waals surface area contributed by atoms with Gasteiger partial charge in [-0.25, -0.2) is 4.79 Å². The van der Waals surface area contributed by atoms with Gasteiger partial charge in [0.2, 0.25) is 5.91 Å². The Morgan fingerprint density at radius 1 is 1.20 bits per heavy atom. The fraction of sp³-hybridized carbons (Fsp3) is 0.571. The molecular formula is C21H31ClN2O6. The molecule has 0 aliphatic carbocycles. The van der Waals surface area contributed by atoms with Crippen molar-refractivity contribution in [2.45, 2.75) is 70.9 Å². The maximum atomic E-state index is 12.1. The minimum absolute atomic E-state index is 0.0781. The molecule has 168 valence electrons. The second-order valence-electron chi connectivity index (χ2n) is 7.99. The van der Waals surface area contributed by atoms with Crippen LogP contribution in [0.15, 0.2) is 18.2 Å². The summed E-state index contributed by atoms with van der Waals surface area (Å²) < 4.78 is 11.1. The van der Waals surface area contributed by atoms with Gasteiger partial charge in [-0.1, -0.05) is 23.7 Å². The van der Waals surface area contributed by atoms with Gasteiger partial charge in [0.25, 0.3) is 0 Å². The Morgan fingerprint density at radius 3 is 2.50 bits per heavy atom. The summed E-state index contributed by atoms with van der Waals surface area (Å²) in [6, 6.07) is 4.87. The zero-order chi connectivity index (χ0) is 22.7. The van der Waals surface area contributed by atoms with E-state index in [1.807, 2.05) is 6.07 Å². The number of nitrogens with one attached hydrogen (secondary N) is 1. The van der Waals surface area contributed by atoms with Crippen molar-refractivity contribution in [1.29, 1.82) is 0 Å². The smallest absolute Gasteiger partial charge is 0.407 e. The lowest BCUT2D eigenvalue weighted by Gasteiger charge is -2.24. The van der Waals surface area contributed by atoms with Crippen molar-refractivity contribution in [2.24, 2.45) is 5.73 Å². The van der Waals surface area contributed by atoms with Crippen LogP contribution in [0.1, 0.15) is 58.4 Å². The first-order valence-corrected chi connectivity index (χ1v) is 10.3. The van der Waals surface area contributed by atoms with Crippen LogP contribution in [0.25, 0.3) is 0 Å². The van der Waals surface area contributed by atoms with Crippen molar-refractivity contribution in [3.8, 4) is 5.75 Å². The first kappa shape index (κ1) is 25.6. The molecule has 0 saturated heterocycles. The van der Waals surface area contributed by atoms with E-state index in [4.69, 9.17) is 31.9 Å². The van der Waals surface area contributed by atoms with Gasteiger partial charge in [0.05, 0.1) is 11.1 Å². The number of primary amides is 1. The molecule has 2 amide bonds. The van der Waals surface area contributed by atoms with E-state index in [0.717, 1.165) is 5.56 Å². The topological polar surface area (TPSA) is 128 Å². The number of hydrogen-bond donors (Lipinski definition) is 3. The summed E-state index contributed by atoms with van der Waals surface area (Å²) in [5.74, 6) is -0.854. The molecule has 0 aromatic heterocycles. The number of ether oxygens (including phenoxy) is 2. The summed E-state index contributed by atoms with van der Waals surface area (Å²) in [5.41, 5.74) is 5.42. The van der Waals surface area contributed by atoms with Crippen LogP contribution in [0.2, 0.25) is 5.02 Å². The predicted molar refractivity (Wildman–Crippen MR) is 114 cm³/mol. The van der Waals surface area contributed by atoms with E-state index in [1.165, 1.54) is 0 Å². The zero-order valence-corrected chi connectivity index (χ0v) is 18.5. The lowest BCUT2D eigenvalue weighted by molar-refractivity contribution is -0.137. The number of carboxylic acid groups (broad SMARTS) is 1. The number of rotatable bonds is 12. The van der Waals surface area contributed by atoms with Gasteiger partial charge in [-0.15, -0.1) is 0 Å². The highest BCUT2D eigenvalue weighted by Gasteiger charge is 2.21. The summed E-state index contributed by atoms with van der Waals surface area (Å²) in [7, 11) is 0. The number of unbranched alkanes of at least 4 members (excludes halogenated alkanes) is 1. The third kappa shape index (κ3) is 10.9. The highest BCUT2D eigenvalue weighted by molar-refractivity contribution is 6.32. The number of aryl methyl sites for hydroxylation is 1. The van der Waals surface area contributed by atoms with Gasteiger partial charge in [0, 0.05) is 12.8 Å². The number of carbonyl (C=O) groups excluding carboxylic acids is 2. The molecule has 0 heterocycles.